The maximum Gasteiger partial charge on any atom is 0.0905 e. The molecule has 0 saturated carbocycles. The van der Waals surface area contributed by atoms with Crippen LogP contribution in [0.2, 0.25) is 0 Å². The van der Waals surface area contributed by atoms with Gasteiger partial charge < -0.3 is 0 Å². The van der Waals surface area contributed by atoms with Gasteiger partial charge in [0.05, 0.1) is 6.07 Å². The van der Waals surface area contributed by atoms with Crippen LogP contribution in [0.3, 0.4) is 0 Å². The maximum absolute atomic E-state index is 7.51. The van der Waals surface area contributed by atoms with Gasteiger partial charge in [-0.1, -0.05) is 40.7 Å². The molecule has 0 spiro atoms. The Morgan fingerprint density at radius 1 is 1.36 bits per heavy atom. The topological polar surface area (TPSA) is 23.8 Å². The van der Waals surface area contributed by atoms with E-state index in [0.717, 1.165) is 4.47 Å². The molecule has 0 atom stereocenters. The Hall–Kier alpha value is -1.07. The van der Waals surface area contributed by atoms with E-state index in [0.29, 0.717) is 0 Å². The first kappa shape index (κ1) is 9.93. The van der Waals surface area contributed by atoms with Crippen LogP contribution >= 0.6 is 15.9 Å². The molecule has 1 nitrogen and oxygen atoms in total. The zero-order valence-corrected chi connectivity index (χ0v) is 7.58. The Morgan fingerprint density at radius 3 is 2.00 bits per heavy atom. The molecular weight excluding hydrogens is 202 g/mol. The Morgan fingerprint density at radius 2 is 1.82 bits per heavy atom. The first-order valence-corrected chi connectivity index (χ1v) is 3.81. The molecule has 0 heterocycles. The predicted molar refractivity (Wildman–Crippen MR) is 50.0 cm³/mol. The highest BCUT2D eigenvalue weighted by Gasteiger charge is 1.74. The van der Waals surface area contributed by atoms with Crippen LogP contribution < -0.4 is 0 Å². The van der Waals surface area contributed by atoms with Gasteiger partial charge in [0.25, 0.3) is 0 Å². The second-order valence-corrected chi connectivity index (χ2v) is 2.54. The predicted octanol–water partition coefficient (Wildman–Crippen LogP) is 3.15. The molecule has 1 aromatic rings. The van der Waals surface area contributed by atoms with Gasteiger partial charge >= 0.3 is 0 Å². The molecule has 0 aliphatic carbocycles. The van der Waals surface area contributed by atoms with Gasteiger partial charge in [0.2, 0.25) is 0 Å². The van der Waals surface area contributed by atoms with Crippen LogP contribution in [-0.2, 0) is 0 Å². The fourth-order valence-electron chi connectivity index (χ4n) is 0.415. The summed E-state index contributed by atoms with van der Waals surface area (Å²) in [5.41, 5.74) is 0. The van der Waals surface area contributed by atoms with Crippen LogP contribution in [0.5, 0.6) is 0 Å². The van der Waals surface area contributed by atoms with E-state index in [9.17, 15) is 0 Å². The molecule has 1 rings (SSSR count). The summed E-state index contributed by atoms with van der Waals surface area (Å²) in [5, 5.41) is 7.51. The number of allylic oxidation sites excluding steroid dienone is 1. The Kier molecular flexibility index (Phi) is 6.36. The number of hydrogen-bond donors (Lipinski definition) is 0. The summed E-state index contributed by atoms with van der Waals surface area (Å²) in [6.45, 7) is 3.12. The lowest BCUT2D eigenvalue weighted by atomic mass is 10.4. The summed E-state index contributed by atoms with van der Waals surface area (Å²) in [7, 11) is 0. The van der Waals surface area contributed by atoms with Crippen molar-refractivity contribution < 1.29 is 0 Å². The van der Waals surface area contributed by atoms with E-state index in [4.69, 9.17) is 5.26 Å². The van der Waals surface area contributed by atoms with E-state index in [-0.39, 0.29) is 0 Å². The lowest BCUT2D eigenvalue weighted by Crippen LogP contribution is -1.55. The highest BCUT2D eigenvalue weighted by molar-refractivity contribution is 9.10. The molecule has 1 aromatic carbocycles. The molecule has 0 N–H and O–H groups in total. The third-order valence-electron chi connectivity index (χ3n) is 0.824. The zero-order chi connectivity index (χ0) is 8.53. The lowest BCUT2D eigenvalue weighted by molar-refractivity contribution is 1.54. The van der Waals surface area contributed by atoms with Gasteiger partial charge in [-0.2, -0.15) is 5.26 Å². The monoisotopic (exact) mass is 209 g/mol. The van der Waals surface area contributed by atoms with Crippen molar-refractivity contribution >= 4 is 15.9 Å². The van der Waals surface area contributed by atoms with Crippen LogP contribution in [0.25, 0.3) is 0 Å². The highest BCUT2D eigenvalue weighted by atomic mass is 79.9. The Balaban J connectivity index is 0.000000218. The minimum Gasteiger partial charge on any atom is -0.193 e. The summed E-state index contributed by atoms with van der Waals surface area (Å²) >= 11 is 3.31. The second kappa shape index (κ2) is 7.04. The van der Waals surface area contributed by atoms with E-state index in [1.54, 1.807) is 6.07 Å². The standard InChI is InChI=1S/C6H5Br.C3H3N/c7-6-4-2-1-3-5-6;1-2-3-4/h1-5H;2H,1H2. The number of rotatable bonds is 0. The van der Waals surface area contributed by atoms with Gasteiger partial charge in [-0.3, -0.25) is 0 Å². The lowest BCUT2D eigenvalue weighted by Gasteiger charge is -1.80. The van der Waals surface area contributed by atoms with Crippen molar-refractivity contribution in [2.24, 2.45) is 0 Å². The molecule has 0 fully saturated rings. The molecular formula is C9H8BrN. The Bertz CT molecular complexity index is 235. The van der Waals surface area contributed by atoms with Crippen molar-refractivity contribution in [1.29, 1.82) is 5.26 Å². The van der Waals surface area contributed by atoms with Gasteiger partial charge in [0, 0.05) is 10.5 Å². The Labute approximate surface area is 75.1 Å². The fourth-order valence-corrected chi connectivity index (χ4v) is 0.720. The molecule has 56 valence electrons. The van der Waals surface area contributed by atoms with Crippen molar-refractivity contribution in [3.05, 3.63) is 47.5 Å². The number of nitrogens with zero attached hydrogens (tertiary/aromatic N) is 1. The molecule has 0 aliphatic heterocycles. The number of benzene rings is 1. The summed E-state index contributed by atoms with van der Waals surface area (Å²) in [6, 6.07) is 11.7. The third kappa shape index (κ3) is 6.82. The molecule has 0 saturated heterocycles. The van der Waals surface area contributed by atoms with Crippen LogP contribution in [0.15, 0.2) is 47.5 Å². The van der Waals surface area contributed by atoms with Gasteiger partial charge in [0.1, 0.15) is 0 Å². The van der Waals surface area contributed by atoms with Crippen molar-refractivity contribution in [2.45, 2.75) is 0 Å². The van der Waals surface area contributed by atoms with E-state index in [1.165, 1.54) is 6.08 Å². The zero-order valence-electron chi connectivity index (χ0n) is 6.00. The van der Waals surface area contributed by atoms with Crippen molar-refractivity contribution in [3.8, 4) is 6.07 Å². The summed E-state index contributed by atoms with van der Waals surface area (Å²) in [6.07, 6.45) is 1.18. The maximum atomic E-state index is 7.51. The van der Waals surface area contributed by atoms with Gasteiger partial charge in [-0.15, -0.1) is 0 Å². The van der Waals surface area contributed by atoms with Crippen LogP contribution in [-0.4, -0.2) is 0 Å². The normalized spacial score (nSPS) is 6.91. The van der Waals surface area contributed by atoms with Crippen LogP contribution in [0, 0.1) is 11.3 Å². The van der Waals surface area contributed by atoms with Gasteiger partial charge in [0.15, 0.2) is 0 Å². The summed E-state index contributed by atoms with van der Waals surface area (Å²) < 4.78 is 1.13. The number of halogens is 1. The molecule has 0 amide bonds. The largest absolute Gasteiger partial charge is 0.193 e. The fraction of sp³-hybridized carbons (Fsp3) is 0. The highest BCUT2D eigenvalue weighted by Crippen LogP contribution is 2.05. The minimum absolute atomic E-state index is 1.13. The van der Waals surface area contributed by atoms with Crippen molar-refractivity contribution in [1.82, 2.24) is 0 Å². The van der Waals surface area contributed by atoms with E-state index in [2.05, 4.69) is 22.5 Å². The molecule has 0 aromatic heterocycles. The van der Waals surface area contributed by atoms with E-state index < -0.39 is 0 Å². The second-order valence-electron chi connectivity index (χ2n) is 1.63. The molecule has 0 aliphatic rings. The van der Waals surface area contributed by atoms with Crippen molar-refractivity contribution in [2.75, 3.05) is 0 Å². The van der Waals surface area contributed by atoms with Gasteiger partial charge in [-0.05, 0) is 12.1 Å². The third-order valence-corrected chi connectivity index (χ3v) is 1.35. The van der Waals surface area contributed by atoms with Crippen molar-refractivity contribution in [3.63, 3.8) is 0 Å². The first-order valence-electron chi connectivity index (χ1n) is 3.02. The molecule has 11 heavy (non-hydrogen) atoms. The van der Waals surface area contributed by atoms with Crippen LogP contribution in [0.4, 0.5) is 0 Å². The SMILES string of the molecule is Brc1ccccc1.C=CC#N. The smallest absolute Gasteiger partial charge is 0.0905 e. The number of hydrogen-bond acceptors (Lipinski definition) is 1. The van der Waals surface area contributed by atoms with E-state index >= 15 is 0 Å². The quantitative estimate of drug-likeness (QED) is 0.603. The first-order chi connectivity index (χ1) is 5.31. The van der Waals surface area contributed by atoms with Gasteiger partial charge in [-0.25, -0.2) is 0 Å². The average Bonchev–Trinajstić information content (AvgIpc) is 2.07. The molecule has 0 unspecified atom stereocenters. The average molecular weight is 210 g/mol. The minimum atomic E-state index is 1.13. The molecule has 2 heteroatoms. The van der Waals surface area contributed by atoms with E-state index in [1.807, 2.05) is 30.3 Å². The summed E-state index contributed by atoms with van der Waals surface area (Å²) in [5.74, 6) is 0. The molecule has 0 radical (unpaired) electrons. The number of nitriles is 1. The molecule has 0 bridgehead atoms. The van der Waals surface area contributed by atoms with Crippen LogP contribution in [0.1, 0.15) is 0 Å². The summed E-state index contributed by atoms with van der Waals surface area (Å²) in [4.78, 5) is 0.